The van der Waals surface area contributed by atoms with Crippen LogP contribution in [-0.2, 0) is 11.2 Å². The second kappa shape index (κ2) is 7.23. The highest BCUT2D eigenvalue weighted by Gasteiger charge is 2.09. The van der Waals surface area contributed by atoms with E-state index in [1.165, 1.54) is 24.5 Å². The van der Waals surface area contributed by atoms with Gasteiger partial charge in [0.25, 0.3) is 5.91 Å². The quantitative estimate of drug-likeness (QED) is 0.847. The average molecular weight is 290 g/mol. The van der Waals surface area contributed by atoms with Crippen LogP contribution in [0.1, 0.15) is 16.1 Å². The molecule has 0 aliphatic carbocycles. The molecule has 0 fully saturated rings. The first kappa shape index (κ1) is 14.8. The monoisotopic (exact) mass is 290 g/mol. The van der Waals surface area contributed by atoms with Crippen molar-refractivity contribution in [2.24, 2.45) is 0 Å². The number of amides is 2. The van der Waals surface area contributed by atoms with Crippen molar-refractivity contribution >= 4 is 11.8 Å². The van der Waals surface area contributed by atoms with Crippen LogP contribution >= 0.6 is 0 Å². The highest BCUT2D eigenvalue weighted by molar-refractivity contribution is 5.94. The van der Waals surface area contributed by atoms with Crippen molar-refractivity contribution in [1.29, 1.82) is 0 Å². The van der Waals surface area contributed by atoms with Crippen molar-refractivity contribution in [2.75, 3.05) is 13.1 Å². The molecule has 1 aromatic heterocycles. The molecule has 2 amide bonds. The van der Waals surface area contributed by atoms with Crippen LogP contribution in [0.3, 0.4) is 0 Å². The van der Waals surface area contributed by atoms with Crippen LogP contribution in [0.25, 0.3) is 0 Å². The maximum atomic E-state index is 12.7. The zero-order valence-electron chi connectivity index (χ0n) is 11.3. The number of furan rings is 1. The van der Waals surface area contributed by atoms with E-state index in [1.54, 1.807) is 18.2 Å². The van der Waals surface area contributed by atoms with E-state index < -0.39 is 5.91 Å². The van der Waals surface area contributed by atoms with Gasteiger partial charge in [0.1, 0.15) is 5.82 Å². The minimum atomic E-state index is -0.436. The SMILES string of the molecule is O=C(CNC(=O)c1ccco1)NCCc1ccc(F)cc1. The van der Waals surface area contributed by atoms with Crippen molar-refractivity contribution < 1.29 is 18.4 Å². The third-order valence-electron chi connectivity index (χ3n) is 2.80. The van der Waals surface area contributed by atoms with Gasteiger partial charge in [-0.15, -0.1) is 0 Å². The molecule has 0 atom stereocenters. The second-order valence-electron chi connectivity index (χ2n) is 4.39. The van der Waals surface area contributed by atoms with Gasteiger partial charge in [-0.25, -0.2) is 4.39 Å². The molecule has 6 heteroatoms. The Hall–Kier alpha value is -2.63. The predicted octanol–water partition coefficient (Wildman–Crippen LogP) is 1.51. The molecular weight excluding hydrogens is 275 g/mol. The molecule has 0 aliphatic heterocycles. The molecule has 2 rings (SSSR count). The Bertz CT molecular complexity index is 594. The van der Waals surface area contributed by atoms with Crippen molar-refractivity contribution in [2.45, 2.75) is 6.42 Å². The van der Waals surface area contributed by atoms with E-state index in [1.807, 2.05) is 0 Å². The van der Waals surface area contributed by atoms with Crippen molar-refractivity contribution in [1.82, 2.24) is 10.6 Å². The number of halogens is 1. The molecular formula is C15H15FN2O3. The average Bonchev–Trinajstić information content (AvgIpc) is 3.01. The lowest BCUT2D eigenvalue weighted by Crippen LogP contribution is -2.37. The van der Waals surface area contributed by atoms with E-state index in [2.05, 4.69) is 10.6 Å². The van der Waals surface area contributed by atoms with Crippen molar-refractivity contribution in [3.8, 4) is 0 Å². The number of hydrogen-bond acceptors (Lipinski definition) is 3. The summed E-state index contributed by atoms with van der Waals surface area (Å²) in [6.45, 7) is 0.296. The molecule has 0 saturated carbocycles. The van der Waals surface area contributed by atoms with E-state index >= 15 is 0 Å². The number of carbonyl (C=O) groups is 2. The van der Waals surface area contributed by atoms with E-state index in [0.717, 1.165) is 5.56 Å². The Morgan fingerprint density at radius 1 is 1.10 bits per heavy atom. The highest BCUT2D eigenvalue weighted by atomic mass is 19.1. The molecule has 1 heterocycles. The van der Waals surface area contributed by atoms with Crippen LogP contribution in [0.15, 0.2) is 47.1 Å². The van der Waals surface area contributed by atoms with E-state index in [-0.39, 0.29) is 24.0 Å². The molecule has 0 saturated heterocycles. The Morgan fingerprint density at radius 3 is 2.52 bits per heavy atom. The summed E-state index contributed by atoms with van der Waals surface area (Å²) >= 11 is 0. The van der Waals surface area contributed by atoms with Crippen LogP contribution in [-0.4, -0.2) is 24.9 Å². The molecule has 0 radical (unpaired) electrons. The summed E-state index contributed by atoms with van der Waals surface area (Å²) in [6.07, 6.45) is 1.98. The fourth-order valence-corrected chi connectivity index (χ4v) is 1.72. The zero-order valence-corrected chi connectivity index (χ0v) is 11.3. The smallest absolute Gasteiger partial charge is 0.287 e. The Morgan fingerprint density at radius 2 is 1.86 bits per heavy atom. The minimum Gasteiger partial charge on any atom is -0.459 e. The summed E-state index contributed by atoms with van der Waals surface area (Å²) in [6, 6.07) is 9.20. The van der Waals surface area contributed by atoms with Gasteiger partial charge in [0.2, 0.25) is 5.91 Å². The third kappa shape index (κ3) is 4.76. The largest absolute Gasteiger partial charge is 0.459 e. The minimum absolute atomic E-state index is 0.122. The van der Waals surface area contributed by atoms with E-state index in [9.17, 15) is 14.0 Å². The van der Waals surface area contributed by atoms with Gasteiger partial charge in [0, 0.05) is 6.54 Å². The lowest BCUT2D eigenvalue weighted by Gasteiger charge is -2.06. The van der Waals surface area contributed by atoms with Crippen molar-refractivity contribution in [3.05, 3.63) is 59.8 Å². The zero-order chi connectivity index (χ0) is 15.1. The number of rotatable bonds is 6. The summed E-state index contributed by atoms with van der Waals surface area (Å²) in [5.41, 5.74) is 0.927. The molecule has 5 nitrogen and oxygen atoms in total. The number of carbonyl (C=O) groups excluding carboxylic acids is 2. The molecule has 0 aliphatic rings. The topological polar surface area (TPSA) is 71.3 Å². The number of nitrogens with one attached hydrogen (secondary N) is 2. The van der Waals surface area contributed by atoms with Crippen LogP contribution in [0.4, 0.5) is 4.39 Å². The molecule has 0 bridgehead atoms. The van der Waals surface area contributed by atoms with Gasteiger partial charge < -0.3 is 15.1 Å². The summed E-state index contributed by atoms with van der Waals surface area (Å²) in [5, 5.41) is 5.12. The fraction of sp³-hybridized carbons (Fsp3) is 0.200. The van der Waals surface area contributed by atoms with E-state index in [0.29, 0.717) is 13.0 Å². The van der Waals surface area contributed by atoms with Gasteiger partial charge in [0.15, 0.2) is 5.76 Å². The van der Waals surface area contributed by atoms with Gasteiger partial charge in [-0.1, -0.05) is 12.1 Å². The summed E-state index contributed by atoms with van der Waals surface area (Å²) in [4.78, 5) is 23.1. The summed E-state index contributed by atoms with van der Waals surface area (Å²) in [7, 11) is 0. The maximum Gasteiger partial charge on any atom is 0.287 e. The normalized spacial score (nSPS) is 10.1. The van der Waals surface area contributed by atoms with Crippen LogP contribution in [0, 0.1) is 5.82 Å². The maximum absolute atomic E-state index is 12.7. The predicted molar refractivity (Wildman–Crippen MR) is 74.2 cm³/mol. The van der Waals surface area contributed by atoms with Gasteiger partial charge in [-0.3, -0.25) is 9.59 Å². The number of hydrogen-bond donors (Lipinski definition) is 2. The van der Waals surface area contributed by atoms with E-state index in [4.69, 9.17) is 4.42 Å². The first-order chi connectivity index (χ1) is 10.1. The molecule has 2 N–H and O–H groups in total. The Labute approximate surface area is 121 Å². The molecule has 1 aromatic carbocycles. The molecule has 0 spiro atoms. The molecule has 110 valence electrons. The fourth-order valence-electron chi connectivity index (χ4n) is 1.72. The van der Waals surface area contributed by atoms with Gasteiger partial charge >= 0.3 is 0 Å². The summed E-state index contributed by atoms with van der Waals surface area (Å²) < 4.78 is 17.6. The van der Waals surface area contributed by atoms with Crippen LogP contribution in [0.2, 0.25) is 0 Å². The van der Waals surface area contributed by atoms with Crippen LogP contribution in [0.5, 0.6) is 0 Å². The number of benzene rings is 1. The Balaban J connectivity index is 1.66. The molecule has 0 unspecified atom stereocenters. The van der Waals surface area contributed by atoms with Gasteiger partial charge in [-0.2, -0.15) is 0 Å². The standard InChI is InChI=1S/C15H15FN2O3/c16-12-5-3-11(4-6-12)7-8-17-14(19)10-18-15(20)13-2-1-9-21-13/h1-6,9H,7-8,10H2,(H,17,19)(H,18,20). The van der Waals surface area contributed by atoms with Gasteiger partial charge in [0.05, 0.1) is 12.8 Å². The highest BCUT2D eigenvalue weighted by Crippen LogP contribution is 2.02. The molecule has 2 aromatic rings. The van der Waals surface area contributed by atoms with Gasteiger partial charge in [-0.05, 0) is 36.2 Å². The first-order valence-corrected chi connectivity index (χ1v) is 6.48. The Kier molecular flexibility index (Phi) is 5.09. The van der Waals surface area contributed by atoms with Crippen molar-refractivity contribution in [3.63, 3.8) is 0 Å². The molecule has 21 heavy (non-hydrogen) atoms. The summed E-state index contributed by atoms with van der Waals surface area (Å²) in [5.74, 6) is -0.858. The second-order valence-corrected chi connectivity index (χ2v) is 4.39. The first-order valence-electron chi connectivity index (χ1n) is 6.48. The van der Waals surface area contributed by atoms with Crippen LogP contribution < -0.4 is 10.6 Å². The third-order valence-corrected chi connectivity index (χ3v) is 2.80. The lowest BCUT2D eigenvalue weighted by atomic mass is 10.1. The lowest BCUT2D eigenvalue weighted by molar-refractivity contribution is -0.120.